The average molecular weight is 399 g/mol. The zero-order chi connectivity index (χ0) is 20.8. The molecule has 2 aliphatic heterocycles. The van der Waals surface area contributed by atoms with Gasteiger partial charge in [0, 0.05) is 50.0 Å². The molecule has 1 aromatic heterocycles. The molecule has 0 radical (unpaired) electrons. The Bertz CT molecular complexity index is 1140. The van der Waals surface area contributed by atoms with Crippen molar-refractivity contribution in [3.05, 3.63) is 77.6 Å². The Kier molecular flexibility index (Phi) is 4.54. The van der Waals surface area contributed by atoms with Crippen molar-refractivity contribution in [1.82, 2.24) is 14.8 Å². The highest BCUT2D eigenvalue weighted by Crippen LogP contribution is 2.46. The minimum Gasteiger partial charge on any atom is -0.337 e. The Hall–Kier alpha value is -3.21. The van der Waals surface area contributed by atoms with Gasteiger partial charge in [-0.05, 0) is 29.5 Å². The molecule has 0 aliphatic carbocycles. The van der Waals surface area contributed by atoms with Crippen LogP contribution in [0.3, 0.4) is 0 Å². The number of pyridine rings is 1. The number of amides is 2. The molecule has 0 N–H and O–H groups in total. The van der Waals surface area contributed by atoms with Crippen molar-refractivity contribution in [1.29, 1.82) is 0 Å². The second-order valence-electron chi connectivity index (χ2n) is 8.52. The molecule has 5 heteroatoms. The number of aryl methyl sites for hydroxylation is 1. The van der Waals surface area contributed by atoms with Crippen LogP contribution in [0.2, 0.25) is 0 Å². The van der Waals surface area contributed by atoms with Crippen molar-refractivity contribution in [2.45, 2.75) is 19.9 Å². The molecule has 2 amide bonds. The molecule has 2 fully saturated rings. The first-order valence-corrected chi connectivity index (χ1v) is 10.5. The molecule has 2 aliphatic rings. The molecule has 3 aromatic rings. The molecule has 152 valence electrons. The zero-order valence-electron chi connectivity index (χ0n) is 17.3. The normalized spacial score (nSPS) is 23.1. The summed E-state index contributed by atoms with van der Waals surface area (Å²) in [7, 11) is 0. The number of fused-ring (bicyclic) bond motifs is 2. The Balaban J connectivity index is 1.43. The van der Waals surface area contributed by atoms with E-state index in [0.29, 0.717) is 31.2 Å². The summed E-state index contributed by atoms with van der Waals surface area (Å²) < 4.78 is 0. The number of nitrogens with zero attached hydrogens (tertiary/aromatic N) is 3. The van der Waals surface area contributed by atoms with Crippen molar-refractivity contribution in [2.24, 2.45) is 11.8 Å². The molecule has 30 heavy (non-hydrogen) atoms. The van der Waals surface area contributed by atoms with Gasteiger partial charge in [0.15, 0.2) is 0 Å². The van der Waals surface area contributed by atoms with Crippen molar-refractivity contribution in [2.75, 3.05) is 19.6 Å². The van der Waals surface area contributed by atoms with E-state index in [1.54, 1.807) is 13.1 Å². The standard InChI is InChI=1S/C25H25N3O2/c1-16-7-3-6-10-21(16)24-22-15-27(13-20(22)14-28(24)17(2)29)25(30)23-11-18-8-4-5-9-19(18)12-26-23/h3-12,20,22,24H,13-15H2,1-2H3/t20-,22-,24-/m1/s1. The fraction of sp³-hybridized carbons (Fsp3) is 0.320. The van der Waals surface area contributed by atoms with E-state index in [1.165, 1.54) is 11.1 Å². The van der Waals surface area contributed by atoms with E-state index in [2.05, 4.69) is 24.0 Å². The van der Waals surface area contributed by atoms with E-state index < -0.39 is 0 Å². The zero-order valence-corrected chi connectivity index (χ0v) is 17.3. The van der Waals surface area contributed by atoms with Crippen LogP contribution in [0, 0.1) is 18.8 Å². The molecule has 2 aromatic carbocycles. The summed E-state index contributed by atoms with van der Waals surface area (Å²) in [4.78, 5) is 33.9. The summed E-state index contributed by atoms with van der Waals surface area (Å²) in [6.45, 7) is 5.77. The predicted molar refractivity (Wildman–Crippen MR) is 116 cm³/mol. The number of likely N-dealkylation sites (tertiary alicyclic amines) is 2. The van der Waals surface area contributed by atoms with Gasteiger partial charge in [0.05, 0.1) is 6.04 Å². The molecular formula is C25H25N3O2. The number of hydrogen-bond donors (Lipinski definition) is 0. The van der Waals surface area contributed by atoms with Crippen LogP contribution < -0.4 is 0 Å². The van der Waals surface area contributed by atoms with Crippen LogP contribution in [0.4, 0.5) is 0 Å². The van der Waals surface area contributed by atoms with E-state index >= 15 is 0 Å². The van der Waals surface area contributed by atoms with Gasteiger partial charge in [0.1, 0.15) is 5.69 Å². The van der Waals surface area contributed by atoms with Crippen molar-refractivity contribution < 1.29 is 9.59 Å². The van der Waals surface area contributed by atoms with Gasteiger partial charge >= 0.3 is 0 Å². The molecule has 0 unspecified atom stereocenters. The maximum Gasteiger partial charge on any atom is 0.272 e. The van der Waals surface area contributed by atoms with Crippen LogP contribution in [0.1, 0.15) is 34.6 Å². The lowest BCUT2D eigenvalue weighted by molar-refractivity contribution is -0.130. The van der Waals surface area contributed by atoms with Crippen LogP contribution in [-0.4, -0.2) is 46.2 Å². The van der Waals surface area contributed by atoms with Gasteiger partial charge in [0.25, 0.3) is 5.91 Å². The first-order valence-electron chi connectivity index (χ1n) is 10.5. The van der Waals surface area contributed by atoms with Crippen molar-refractivity contribution >= 4 is 22.6 Å². The molecule has 0 bridgehead atoms. The summed E-state index contributed by atoms with van der Waals surface area (Å²) in [5.41, 5.74) is 2.87. The molecule has 0 spiro atoms. The van der Waals surface area contributed by atoms with E-state index in [-0.39, 0.29) is 23.8 Å². The molecular weight excluding hydrogens is 374 g/mol. The summed E-state index contributed by atoms with van der Waals surface area (Å²) in [5, 5.41) is 2.06. The maximum absolute atomic E-state index is 13.2. The Labute approximate surface area is 176 Å². The predicted octanol–water partition coefficient (Wildman–Crippen LogP) is 3.83. The van der Waals surface area contributed by atoms with Gasteiger partial charge in [-0.15, -0.1) is 0 Å². The third-order valence-corrected chi connectivity index (χ3v) is 6.71. The van der Waals surface area contributed by atoms with E-state index in [0.717, 1.165) is 10.8 Å². The summed E-state index contributed by atoms with van der Waals surface area (Å²) in [6, 6.07) is 18.1. The third-order valence-electron chi connectivity index (χ3n) is 6.71. The molecule has 0 saturated carbocycles. The number of carbonyl (C=O) groups is 2. The second kappa shape index (κ2) is 7.24. The van der Waals surface area contributed by atoms with E-state index in [9.17, 15) is 9.59 Å². The fourth-order valence-electron chi connectivity index (χ4n) is 5.21. The van der Waals surface area contributed by atoms with E-state index in [4.69, 9.17) is 0 Å². The molecule has 2 saturated heterocycles. The molecule has 3 atom stereocenters. The minimum absolute atomic E-state index is 0.0203. The lowest BCUT2D eigenvalue weighted by Gasteiger charge is -2.30. The first kappa shape index (κ1) is 18.8. The highest BCUT2D eigenvalue weighted by atomic mass is 16.2. The monoisotopic (exact) mass is 399 g/mol. The Morgan fingerprint density at radius 1 is 0.967 bits per heavy atom. The number of aromatic nitrogens is 1. The largest absolute Gasteiger partial charge is 0.337 e. The first-order chi connectivity index (χ1) is 14.5. The Morgan fingerprint density at radius 2 is 1.70 bits per heavy atom. The van der Waals surface area contributed by atoms with Gasteiger partial charge in [-0.25, -0.2) is 0 Å². The quantitative estimate of drug-likeness (QED) is 0.658. The van der Waals surface area contributed by atoms with E-state index in [1.807, 2.05) is 52.3 Å². The summed E-state index contributed by atoms with van der Waals surface area (Å²) in [6.07, 6.45) is 1.77. The lowest BCUT2D eigenvalue weighted by atomic mass is 9.87. The summed E-state index contributed by atoms with van der Waals surface area (Å²) in [5.74, 6) is 0.627. The topological polar surface area (TPSA) is 53.5 Å². The highest BCUT2D eigenvalue weighted by molar-refractivity contribution is 5.96. The average Bonchev–Trinajstić information content (AvgIpc) is 3.32. The molecule has 3 heterocycles. The number of hydrogen-bond acceptors (Lipinski definition) is 3. The number of carbonyl (C=O) groups excluding carboxylic acids is 2. The highest BCUT2D eigenvalue weighted by Gasteiger charge is 2.49. The van der Waals surface area contributed by atoms with Crippen LogP contribution in [-0.2, 0) is 4.79 Å². The number of rotatable bonds is 2. The third kappa shape index (κ3) is 3.05. The molecule has 5 rings (SSSR count). The van der Waals surface area contributed by atoms with Gasteiger partial charge in [-0.1, -0.05) is 48.5 Å². The van der Waals surface area contributed by atoms with Gasteiger partial charge < -0.3 is 9.80 Å². The van der Waals surface area contributed by atoms with Crippen molar-refractivity contribution in [3.63, 3.8) is 0 Å². The van der Waals surface area contributed by atoms with Gasteiger partial charge in [-0.2, -0.15) is 0 Å². The Morgan fingerprint density at radius 3 is 2.47 bits per heavy atom. The lowest BCUT2D eigenvalue weighted by Crippen LogP contribution is -2.37. The van der Waals surface area contributed by atoms with Crippen LogP contribution in [0.15, 0.2) is 60.8 Å². The van der Waals surface area contributed by atoms with Gasteiger partial charge in [0.2, 0.25) is 5.91 Å². The second-order valence-corrected chi connectivity index (χ2v) is 8.52. The minimum atomic E-state index is -0.0203. The maximum atomic E-state index is 13.2. The molecule has 5 nitrogen and oxygen atoms in total. The van der Waals surface area contributed by atoms with Crippen LogP contribution in [0.25, 0.3) is 10.8 Å². The SMILES string of the molecule is CC(=O)N1C[C@H]2CN(C(=O)c3cc4ccccc4cn3)C[C@H]2[C@H]1c1ccccc1C. The fourth-order valence-corrected chi connectivity index (χ4v) is 5.21. The number of benzene rings is 2. The van der Waals surface area contributed by atoms with Crippen LogP contribution in [0.5, 0.6) is 0 Å². The smallest absolute Gasteiger partial charge is 0.272 e. The van der Waals surface area contributed by atoms with Crippen molar-refractivity contribution in [3.8, 4) is 0 Å². The van der Waals surface area contributed by atoms with Gasteiger partial charge in [-0.3, -0.25) is 14.6 Å². The van der Waals surface area contributed by atoms with Crippen LogP contribution >= 0.6 is 0 Å². The summed E-state index contributed by atoms with van der Waals surface area (Å²) >= 11 is 0.